The van der Waals surface area contributed by atoms with Crippen LogP contribution in [0.5, 0.6) is 11.5 Å². The lowest BCUT2D eigenvalue weighted by atomic mass is 10.0. The van der Waals surface area contributed by atoms with Crippen molar-refractivity contribution in [3.05, 3.63) is 59.2 Å². The summed E-state index contributed by atoms with van der Waals surface area (Å²) >= 11 is 0. The standard InChI is InChI=1S/C24H34N4O2.HI/c1-4-25-24(26-16-19-10-7-11-22(30-3)23(19)29)27-21-12-14-28(15-13-21)17-20-9-6-5-8-18(20)2;/h5-11,21,29H,4,12-17H2,1-3H3,(H2,25,26,27);1H. The van der Waals surface area contributed by atoms with Gasteiger partial charge in [0.25, 0.3) is 0 Å². The summed E-state index contributed by atoms with van der Waals surface area (Å²) in [6.45, 7) is 8.59. The van der Waals surface area contributed by atoms with Gasteiger partial charge in [0, 0.05) is 37.8 Å². The van der Waals surface area contributed by atoms with Gasteiger partial charge in [0.1, 0.15) is 0 Å². The number of nitrogens with zero attached hydrogens (tertiary/aromatic N) is 2. The van der Waals surface area contributed by atoms with Gasteiger partial charge in [0.05, 0.1) is 13.7 Å². The van der Waals surface area contributed by atoms with E-state index in [-0.39, 0.29) is 29.7 Å². The lowest BCUT2D eigenvalue weighted by Gasteiger charge is -2.33. The van der Waals surface area contributed by atoms with Crippen molar-refractivity contribution in [1.82, 2.24) is 15.5 Å². The Morgan fingerprint density at radius 2 is 1.84 bits per heavy atom. The third-order valence-electron chi connectivity index (χ3n) is 5.64. The Labute approximate surface area is 203 Å². The van der Waals surface area contributed by atoms with Crippen LogP contribution in [0.2, 0.25) is 0 Å². The number of piperidine rings is 1. The van der Waals surface area contributed by atoms with Crippen molar-refractivity contribution < 1.29 is 9.84 Å². The molecule has 0 saturated carbocycles. The molecule has 6 nitrogen and oxygen atoms in total. The van der Waals surface area contributed by atoms with Crippen molar-refractivity contribution in [2.24, 2.45) is 4.99 Å². The maximum absolute atomic E-state index is 10.3. The zero-order valence-corrected chi connectivity index (χ0v) is 21.1. The van der Waals surface area contributed by atoms with Crippen LogP contribution in [0.3, 0.4) is 0 Å². The molecule has 0 bridgehead atoms. The Kier molecular flexibility index (Phi) is 10.4. The van der Waals surface area contributed by atoms with E-state index >= 15 is 0 Å². The molecule has 0 amide bonds. The summed E-state index contributed by atoms with van der Waals surface area (Å²) in [5.41, 5.74) is 3.52. The fourth-order valence-electron chi connectivity index (χ4n) is 3.80. The lowest BCUT2D eigenvalue weighted by molar-refractivity contribution is 0.198. The minimum Gasteiger partial charge on any atom is -0.504 e. The lowest BCUT2D eigenvalue weighted by Crippen LogP contribution is -2.48. The Bertz CT molecular complexity index is 851. The molecule has 1 heterocycles. The normalized spacial score (nSPS) is 15.3. The van der Waals surface area contributed by atoms with E-state index in [9.17, 15) is 5.11 Å². The van der Waals surface area contributed by atoms with Gasteiger partial charge in [0.2, 0.25) is 0 Å². The third kappa shape index (κ3) is 7.28. The molecule has 3 N–H and O–H groups in total. The van der Waals surface area contributed by atoms with Crippen LogP contribution in [0.4, 0.5) is 0 Å². The Hall–Kier alpha value is -2.00. The molecule has 1 saturated heterocycles. The molecule has 0 unspecified atom stereocenters. The van der Waals surface area contributed by atoms with Gasteiger partial charge in [-0.1, -0.05) is 36.4 Å². The number of phenolic OH excluding ortho intramolecular Hbond substituents is 1. The summed E-state index contributed by atoms with van der Waals surface area (Å²) < 4.78 is 5.19. The average molecular weight is 538 g/mol. The number of phenols is 1. The van der Waals surface area contributed by atoms with Crippen molar-refractivity contribution in [3.8, 4) is 11.5 Å². The topological polar surface area (TPSA) is 69.1 Å². The zero-order valence-electron chi connectivity index (χ0n) is 18.7. The van der Waals surface area contributed by atoms with Gasteiger partial charge in [0.15, 0.2) is 17.5 Å². The Morgan fingerprint density at radius 3 is 2.52 bits per heavy atom. The smallest absolute Gasteiger partial charge is 0.191 e. The fraction of sp³-hybridized carbons (Fsp3) is 0.458. The molecular weight excluding hydrogens is 503 g/mol. The fourth-order valence-corrected chi connectivity index (χ4v) is 3.80. The molecule has 170 valence electrons. The molecule has 0 aromatic heterocycles. The van der Waals surface area contributed by atoms with Gasteiger partial charge in [-0.15, -0.1) is 24.0 Å². The molecule has 1 fully saturated rings. The number of aromatic hydroxyl groups is 1. The number of nitrogens with one attached hydrogen (secondary N) is 2. The van der Waals surface area contributed by atoms with Gasteiger partial charge in [-0.3, -0.25) is 4.90 Å². The second-order valence-corrected chi connectivity index (χ2v) is 7.78. The SMILES string of the molecule is CCNC(=NCc1cccc(OC)c1O)NC1CCN(Cc2ccccc2C)CC1.I. The van der Waals surface area contributed by atoms with Crippen LogP contribution in [0.15, 0.2) is 47.5 Å². The quantitative estimate of drug-likeness (QED) is 0.282. The van der Waals surface area contributed by atoms with E-state index in [2.05, 4.69) is 58.6 Å². The van der Waals surface area contributed by atoms with Crippen molar-refractivity contribution in [2.45, 2.75) is 45.8 Å². The zero-order chi connectivity index (χ0) is 21.3. The van der Waals surface area contributed by atoms with Crippen LogP contribution in [-0.2, 0) is 13.1 Å². The molecule has 0 atom stereocenters. The second-order valence-electron chi connectivity index (χ2n) is 7.78. The molecule has 1 aliphatic rings. The predicted molar refractivity (Wildman–Crippen MR) is 138 cm³/mol. The number of likely N-dealkylation sites (tertiary alicyclic amines) is 1. The van der Waals surface area contributed by atoms with Crippen LogP contribution in [0.1, 0.15) is 36.5 Å². The number of aryl methyl sites for hydroxylation is 1. The van der Waals surface area contributed by atoms with Gasteiger partial charge in [-0.25, -0.2) is 4.99 Å². The number of guanidine groups is 1. The number of hydrogen-bond donors (Lipinski definition) is 3. The number of hydrogen-bond acceptors (Lipinski definition) is 4. The number of benzene rings is 2. The highest BCUT2D eigenvalue weighted by Crippen LogP contribution is 2.29. The minimum absolute atomic E-state index is 0. The number of methoxy groups -OCH3 is 1. The van der Waals surface area contributed by atoms with Crippen molar-refractivity contribution in [1.29, 1.82) is 0 Å². The largest absolute Gasteiger partial charge is 0.504 e. The van der Waals surface area contributed by atoms with Crippen molar-refractivity contribution >= 4 is 29.9 Å². The number of halogens is 1. The van der Waals surface area contributed by atoms with E-state index in [1.54, 1.807) is 13.2 Å². The van der Waals surface area contributed by atoms with E-state index in [0.29, 0.717) is 18.3 Å². The van der Waals surface area contributed by atoms with Crippen LogP contribution < -0.4 is 15.4 Å². The predicted octanol–water partition coefficient (Wildman–Crippen LogP) is 4.05. The van der Waals surface area contributed by atoms with Gasteiger partial charge >= 0.3 is 0 Å². The molecule has 1 aliphatic heterocycles. The molecule has 0 aliphatic carbocycles. The minimum atomic E-state index is 0. The van der Waals surface area contributed by atoms with E-state index < -0.39 is 0 Å². The highest BCUT2D eigenvalue weighted by molar-refractivity contribution is 14.0. The summed E-state index contributed by atoms with van der Waals surface area (Å²) in [5, 5.41) is 17.2. The Morgan fingerprint density at radius 1 is 1.13 bits per heavy atom. The van der Waals surface area contributed by atoms with E-state index in [1.165, 1.54) is 11.1 Å². The van der Waals surface area contributed by atoms with Gasteiger partial charge in [-0.2, -0.15) is 0 Å². The highest BCUT2D eigenvalue weighted by Gasteiger charge is 2.20. The molecular formula is C24H35IN4O2. The van der Waals surface area contributed by atoms with E-state index in [1.807, 2.05) is 12.1 Å². The highest BCUT2D eigenvalue weighted by atomic mass is 127. The number of ether oxygens (including phenoxy) is 1. The first kappa shape index (κ1) is 25.3. The van der Waals surface area contributed by atoms with Crippen molar-refractivity contribution in [3.63, 3.8) is 0 Å². The molecule has 7 heteroatoms. The molecule has 0 radical (unpaired) electrons. The van der Waals surface area contributed by atoms with E-state index in [4.69, 9.17) is 4.74 Å². The van der Waals surface area contributed by atoms with Crippen LogP contribution in [0, 0.1) is 6.92 Å². The summed E-state index contributed by atoms with van der Waals surface area (Å²) in [6, 6.07) is 14.5. The molecule has 3 rings (SSSR count). The van der Waals surface area contributed by atoms with Gasteiger partial charge < -0.3 is 20.5 Å². The third-order valence-corrected chi connectivity index (χ3v) is 5.64. The molecule has 31 heavy (non-hydrogen) atoms. The Balaban J connectivity index is 0.00000341. The second kappa shape index (κ2) is 12.8. The molecule has 0 spiro atoms. The first-order valence-electron chi connectivity index (χ1n) is 10.8. The number of para-hydroxylation sites is 1. The van der Waals surface area contributed by atoms with Gasteiger partial charge in [-0.05, 0) is 43.9 Å². The summed E-state index contributed by atoms with van der Waals surface area (Å²) in [4.78, 5) is 7.20. The molecule has 2 aromatic rings. The first-order chi connectivity index (χ1) is 14.6. The summed E-state index contributed by atoms with van der Waals surface area (Å²) in [6.07, 6.45) is 2.17. The van der Waals surface area contributed by atoms with Crippen LogP contribution in [-0.4, -0.2) is 48.8 Å². The number of aliphatic imine (C=N–C) groups is 1. The average Bonchev–Trinajstić information content (AvgIpc) is 2.76. The molecule has 2 aromatic carbocycles. The van der Waals surface area contributed by atoms with Crippen LogP contribution in [0.25, 0.3) is 0 Å². The van der Waals surface area contributed by atoms with Crippen LogP contribution >= 0.6 is 24.0 Å². The monoisotopic (exact) mass is 538 g/mol. The van der Waals surface area contributed by atoms with Crippen molar-refractivity contribution in [2.75, 3.05) is 26.7 Å². The summed E-state index contributed by atoms with van der Waals surface area (Å²) in [7, 11) is 1.55. The first-order valence-corrected chi connectivity index (χ1v) is 10.8. The van der Waals surface area contributed by atoms with E-state index in [0.717, 1.165) is 50.5 Å². The maximum Gasteiger partial charge on any atom is 0.191 e. The summed E-state index contributed by atoms with van der Waals surface area (Å²) in [5.74, 6) is 1.42. The number of rotatable bonds is 7. The maximum atomic E-state index is 10.3.